The maximum atomic E-state index is 9.20. The van der Waals surface area contributed by atoms with Crippen molar-refractivity contribution in [3.63, 3.8) is 0 Å². The number of nitrogens with zero attached hydrogens (tertiary/aromatic N) is 3. The molecule has 4 nitrogen and oxygen atoms in total. The summed E-state index contributed by atoms with van der Waals surface area (Å²) in [5, 5.41) is 9.72. The normalized spacial score (nSPS) is 17.0. The van der Waals surface area contributed by atoms with Gasteiger partial charge in [0.05, 0.1) is 12.6 Å². The Hall–Kier alpha value is -0.870. The predicted molar refractivity (Wildman–Crippen MR) is 68.7 cm³/mol. The molecule has 5 heteroatoms. The Kier molecular flexibility index (Phi) is 3.54. The first-order valence-corrected chi connectivity index (χ1v) is 6.30. The Balaban J connectivity index is 2.37. The van der Waals surface area contributed by atoms with E-state index < -0.39 is 0 Å². The van der Waals surface area contributed by atoms with E-state index in [0.29, 0.717) is 11.1 Å². The van der Waals surface area contributed by atoms with Gasteiger partial charge in [-0.05, 0) is 26.7 Å². The summed E-state index contributed by atoms with van der Waals surface area (Å²) in [6.07, 6.45) is 2.30. The van der Waals surface area contributed by atoms with Crippen LogP contribution in [0.1, 0.15) is 37.1 Å². The van der Waals surface area contributed by atoms with E-state index in [4.69, 9.17) is 11.6 Å². The molecule has 1 saturated carbocycles. The van der Waals surface area contributed by atoms with Crippen molar-refractivity contribution in [2.75, 3.05) is 18.6 Å². The van der Waals surface area contributed by atoms with Gasteiger partial charge in [0, 0.05) is 18.5 Å². The van der Waals surface area contributed by atoms with Gasteiger partial charge in [-0.15, -0.1) is 0 Å². The van der Waals surface area contributed by atoms with Crippen LogP contribution in [0.3, 0.4) is 0 Å². The minimum Gasteiger partial charge on any atom is -0.394 e. The number of hydrogen-bond donors (Lipinski definition) is 1. The summed E-state index contributed by atoms with van der Waals surface area (Å²) in [5.74, 6) is 2.14. The van der Waals surface area contributed by atoms with Gasteiger partial charge in [-0.2, -0.15) is 0 Å². The number of halogens is 1. The van der Waals surface area contributed by atoms with Crippen LogP contribution in [0.4, 0.5) is 5.82 Å². The summed E-state index contributed by atoms with van der Waals surface area (Å²) in [6.45, 7) is 3.96. The smallest absolute Gasteiger partial charge is 0.137 e. The zero-order valence-corrected chi connectivity index (χ0v) is 11.2. The molecule has 1 heterocycles. The summed E-state index contributed by atoms with van der Waals surface area (Å²) in [6, 6.07) is 0.0201. The monoisotopic (exact) mass is 255 g/mol. The molecule has 1 aromatic heterocycles. The van der Waals surface area contributed by atoms with Crippen LogP contribution in [0.15, 0.2) is 0 Å². The molecule has 1 atom stereocenters. The lowest BCUT2D eigenvalue weighted by Crippen LogP contribution is -2.33. The summed E-state index contributed by atoms with van der Waals surface area (Å²) in [7, 11) is 1.92. The van der Waals surface area contributed by atoms with Crippen molar-refractivity contribution in [2.24, 2.45) is 0 Å². The zero-order chi connectivity index (χ0) is 12.6. The average molecular weight is 256 g/mol. The first-order chi connectivity index (χ1) is 8.04. The van der Waals surface area contributed by atoms with Crippen molar-refractivity contribution in [1.29, 1.82) is 0 Å². The van der Waals surface area contributed by atoms with E-state index in [0.717, 1.165) is 30.0 Å². The Bertz CT molecular complexity index is 420. The molecule has 1 aromatic rings. The summed E-state index contributed by atoms with van der Waals surface area (Å²) >= 11 is 6.14. The fraction of sp³-hybridized carbons (Fsp3) is 0.667. The molecule has 1 fully saturated rings. The fourth-order valence-electron chi connectivity index (χ4n) is 1.69. The van der Waals surface area contributed by atoms with Gasteiger partial charge in [0.2, 0.25) is 0 Å². The third-order valence-corrected chi connectivity index (χ3v) is 3.65. The second-order valence-corrected chi connectivity index (χ2v) is 5.10. The van der Waals surface area contributed by atoms with E-state index in [1.807, 2.05) is 25.8 Å². The van der Waals surface area contributed by atoms with E-state index in [2.05, 4.69) is 9.97 Å². The molecule has 0 spiro atoms. The lowest BCUT2D eigenvalue weighted by atomic mass is 10.2. The molecule has 17 heavy (non-hydrogen) atoms. The van der Waals surface area contributed by atoms with Crippen LogP contribution in [0.2, 0.25) is 5.15 Å². The minimum absolute atomic E-state index is 0.0201. The summed E-state index contributed by atoms with van der Waals surface area (Å²) in [5.41, 5.74) is 0.874. The van der Waals surface area contributed by atoms with Crippen LogP contribution in [-0.2, 0) is 0 Å². The number of hydrogen-bond acceptors (Lipinski definition) is 4. The topological polar surface area (TPSA) is 49.2 Å². The SMILES string of the molecule is Cc1c(Cl)nc(C2CC2)nc1N(C)C(C)CO. The number of anilines is 1. The first-order valence-electron chi connectivity index (χ1n) is 5.92. The highest BCUT2D eigenvalue weighted by atomic mass is 35.5. The van der Waals surface area contributed by atoms with Crippen molar-refractivity contribution < 1.29 is 5.11 Å². The molecular weight excluding hydrogens is 238 g/mol. The molecule has 2 rings (SSSR count). The second-order valence-electron chi connectivity index (χ2n) is 4.74. The molecule has 0 aliphatic heterocycles. The lowest BCUT2D eigenvalue weighted by molar-refractivity contribution is 0.269. The highest BCUT2D eigenvalue weighted by Crippen LogP contribution is 2.39. The van der Waals surface area contributed by atoms with E-state index in [1.165, 1.54) is 0 Å². The summed E-state index contributed by atoms with van der Waals surface area (Å²) in [4.78, 5) is 10.9. The third kappa shape index (κ3) is 2.53. The standard InChI is InChI=1S/C12H18ClN3O/c1-7(6-17)16(3)12-8(2)10(13)14-11(15-12)9-4-5-9/h7,9,17H,4-6H2,1-3H3. The number of aromatic nitrogens is 2. The summed E-state index contributed by atoms with van der Waals surface area (Å²) < 4.78 is 0. The molecule has 0 radical (unpaired) electrons. The van der Waals surface area contributed by atoms with Crippen LogP contribution < -0.4 is 4.90 Å². The van der Waals surface area contributed by atoms with Crippen molar-refractivity contribution in [3.8, 4) is 0 Å². The molecule has 1 N–H and O–H groups in total. The number of aliphatic hydroxyl groups is 1. The number of likely N-dealkylation sites (N-methyl/N-ethyl adjacent to an activating group) is 1. The van der Waals surface area contributed by atoms with Crippen LogP contribution >= 0.6 is 11.6 Å². The first kappa shape index (κ1) is 12.6. The number of aliphatic hydroxyl groups excluding tert-OH is 1. The Labute approximate surface area is 107 Å². The molecule has 0 aromatic carbocycles. The quantitative estimate of drug-likeness (QED) is 0.838. The molecule has 1 unspecified atom stereocenters. The predicted octanol–water partition coefficient (Wildman–Crippen LogP) is 2.13. The van der Waals surface area contributed by atoms with Gasteiger partial charge in [0.1, 0.15) is 16.8 Å². The molecule has 0 saturated heterocycles. The van der Waals surface area contributed by atoms with Gasteiger partial charge in [-0.25, -0.2) is 9.97 Å². The molecule has 1 aliphatic carbocycles. The largest absolute Gasteiger partial charge is 0.394 e. The van der Waals surface area contributed by atoms with E-state index in [-0.39, 0.29) is 12.6 Å². The average Bonchev–Trinajstić information content (AvgIpc) is 3.14. The van der Waals surface area contributed by atoms with Crippen LogP contribution in [0, 0.1) is 6.92 Å². The van der Waals surface area contributed by atoms with Crippen molar-refractivity contribution >= 4 is 17.4 Å². The number of rotatable bonds is 4. The van der Waals surface area contributed by atoms with Crippen molar-refractivity contribution in [3.05, 3.63) is 16.5 Å². The van der Waals surface area contributed by atoms with E-state index >= 15 is 0 Å². The highest BCUT2D eigenvalue weighted by Gasteiger charge is 2.28. The van der Waals surface area contributed by atoms with Gasteiger partial charge in [0.25, 0.3) is 0 Å². The molecule has 0 amide bonds. The molecular formula is C12H18ClN3O. The van der Waals surface area contributed by atoms with Crippen LogP contribution in [-0.4, -0.2) is 34.8 Å². The fourth-order valence-corrected chi connectivity index (χ4v) is 1.86. The second kappa shape index (κ2) is 4.78. The van der Waals surface area contributed by atoms with E-state index in [9.17, 15) is 5.11 Å². The Morgan fingerprint density at radius 3 is 2.65 bits per heavy atom. The van der Waals surface area contributed by atoms with Gasteiger partial charge >= 0.3 is 0 Å². The molecule has 1 aliphatic rings. The van der Waals surface area contributed by atoms with Crippen molar-refractivity contribution in [1.82, 2.24) is 9.97 Å². The third-order valence-electron chi connectivity index (χ3n) is 3.28. The molecule has 0 bridgehead atoms. The van der Waals surface area contributed by atoms with Gasteiger partial charge in [-0.3, -0.25) is 0 Å². The maximum Gasteiger partial charge on any atom is 0.137 e. The molecule has 94 valence electrons. The zero-order valence-electron chi connectivity index (χ0n) is 10.4. The van der Waals surface area contributed by atoms with Crippen LogP contribution in [0.5, 0.6) is 0 Å². The highest BCUT2D eigenvalue weighted by molar-refractivity contribution is 6.30. The van der Waals surface area contributed by atoms with Gasteiger partial charge in [0.15, 0.2) is 0 Å². The Morgan fingerprint density at radius 2 is 2.12 bits per heavy atom. The van der Waals surface area contributed by atoms with Crippen LogP contribution in [0.25, 0.3) is 0 Å². The van der Waals surface area contributed by atoms with Crippen molar-refractivity contribution in [2.45, 2.75) is 38.6 Å². The van der Waals surface area contributed by atoms with E-state index in [1.54, 1.807) is 0 Å². The maximum absolute atomic E-state index is 9.20. The Morgan fingerprint density at radius 1 is 1.47 bits per heavy atom. The minimum atomic E-state index is 0.0201. The lowest BCUT2D eigenvalue weighted by Gasteiger charge is -2.26. The van der Waals surface area contributed by atoms with Gasteiger partial charge < -0.3 is 10.0 Å². The van der Waals surface area contributed by atoms with Gasteiger partial charge in [-0.1, -0.05) is 11.6 Å².